The standard InChI is InChI=1S/C25H31N3O5S/c1-4-32-21-13-12-18(15-22(21)33-5-2)17(3)26-25(29)19-9-8-14-28(16-19)24-20-10-6-7-11-23(20)34(30,31)27-24/h6-7,10-13,15,17,19H,4-5,8-9,14,16H2,1-3H3,(H,26,29)/t17-,19+/m1/s1. The fourth-order valence-corrected chi connectivity index (χ4v) is 5.68. The van der Waals surface area contributed by atoms with Gasteiger partial charge in [-0.15, -0.1) is 4.40 Å². The quantitative estimate of drug-likeness (QED) is 0.645. The molecular formula is C25H31N3O5S. The Balaban J connectivity index is 1.46. The van der Waals surface area contributed by atoms with Crippen molar-refractivity contribution in [3.05, 3.63) is 53.6 Å². The van der Waals surface area contributed by atoms with Crippen LogP contribution in [0.15, 0.2) is 51.8 Å². The molecule has 2 aliphatic rings. The van der Waals surface area contributed by atoms with Gasteiger partial charge in [0.1, 0.15) is 4.90 Å². The minimum absolute atomic E-state index is 0.0567. The maximum Gasteiger partial charge on any atom is 0.285 e. The fourth-order valence-electron chi connectivity index (χ4n) is 4.45. The van der Waals surface area contributed by atoms with Gasteiger partial charge in [0, 0.05) is 18.7 Å². The highest BCUT2D eigenvalue weighted by Crippen LogP contribution is 2.32. The second kappa shape index (κ2) is 10.0. The molecule has 1 N–H and O–H groups in total. The van der Waals surface area contributed by atoms with E-state index in [0.29, 0.717) is 49.2 Å². The van der Waals surface area contributed by atoms with E-state index in [1.165, 1.54) is 0 Å². The number of benzene rings is 2. The molecule has 0 radical (unpaired) electrons. The Kier molecular flexibility index (Phi) is 7.11. The maximum atomic E-state index is 13.1. The number of sulfonamides is 1. The number of fused-ring (bicyclic) bond motifs is 1. The first-order valence-corrected chi connectivity index (χ1v) is 13.2. The Morgan fingerprint density at radius 1 is 1.15 bits per heavy atom. The first-order chi connectivity index (χ1) is 16.3. The van der Waals surface area contributed by atoms with Crippen molar-refractivity contribution in [3.8, 4) is 11.5 Å². The third-order valence-corrected chi connectivity index (χ3v) is 7.46. The molecule has 4 rings (SSSR count). The number of likely N-dealkylation sites (tertiary alicyclic amines) is 1. The molecule has 0 unspecified atom stereocenters. The van der Waals surface area contributed by atoms with E-state index in [2.05, 4.69) is 9.71 Å². The smallest absolute Gasteiger partial charge is 0.285 e. The minimum Gasteiger partial charge on any atom is -0.490 e. The van der Waals surface area contributed by atoms with Gasteiger partial charge in [-0.3, -0.25) is 4.79 Å². The molecule has 2 aliphatic heterocycles. The van der Waals surface area contributed by atoms with Crippen molar-refractivity contribution in [2.75, 3.05) is 26.3 Å². The Bertz CT molecular complexity index is 1190. The van der Waals surface area contributed by atoms with Gasteiger partial charge in [0.15, 0.2) is 17.3 Å². The summed E-state index contributed by atoms with van der Waals surface area (Å²) in [6.45, 7) is 7.93. The van der Waals surface area contributed by atoms with E-state index in [-0.39, 0.29) is 22.8 Å². The molecule has 2 atom stereocenters. The van der Waals surface area contributed by atoms with E-state index in [1.807, 2.05) is 43.9 Å². The molecule has 0 saturated carbocycles. The van der Waals surface area contributed by atoms with Gasteiger partial charge in [-0.25, -0.2) is 0 Å². The highest BCUT2D eigenvalue weighted by molar-refractivity contribution is 7.90. The van der Waals surface area contributed by atoms with Crippen molar-refractivity contribution >= 4 is 21.8 Å². The number of amidine groups is 1. The van der Waals surface area contributed by atoms with E-state index in [1.54, 1.807) is 24.3 Å². The lowest BCUT2D eigenvalue weighted by Crippen LogP contribution is -2.45. The summed E-state index contributed by atoms with van der Waals surface area (Å²) in [5.74, 6) is 1.46. The van der Waals surface area contributed by atoms with Crippen LogP contribution in [0.4, 0.5) is 0 Å². The third kappa shape index (κ3) is 4.89. The number of hydrogen-bond acceptors (Lipinski definition) is 6. The lowest BCUT2D eigenvalue weighted by Gasteiger charge is -2.34. The zero-order chi connectivity index (χ0) is 24.3. The first-order valence-electron chi connectivity index (χ1n) is 11.7. The average Bonchev–Trinajstić information content (AvgIpc) is 3.11. The summed E-state index contributed by atoms with van der Waals surface area (Å²) in [5.41, 5.74) is 1.53. The molecule has 0 aromatic heterocycles. The number of carbonyl (C=O) groups is 1. The van der Waals surface area contributed by atoms with Gasteiger partial charge in [0.2, 0.25) is 5.91 Å². The number of amides is 1. The third-order valence-electron chi connectivity index (χ3n) is 6.13. The van der Waals surface area contributed by atoms with Crippen molar-refractivity contribution in [2.24, 2.45) is 10.3 Å². The van der Waals surface area contributed by atoms with Crippen molar-refractivity contribution < 1.29 is 22.7 Å². The van der Waals surface area contributed by atoms with Crippen LogP contribution in [0, 0.1) is 5.92 Å². The summed E-state index contributed by atoms with van der Waals surface area (Å²) in [6, 6.07) is 12.3. The van der Waals surface area contributed by atoms with Crippen LogP contribution in [-0.4, -0.2) is 51.4 Å². The molecule has 0 spiro atoms. The molecule has 34 heavy (non-hydrogen) atoms. The highest BCUT2D eigenvalue weighted by atomic mass is 32.2. The number of carbonyl (C=O) groups excluding carboxylic acids is 1. The molecular weight excluding hydrogens is 454 g/mol. The zero-order valence-electron chi connectivity index (χ0n) is 19.8. The van der Waals surface area contributed by atoms with Gasteiger partial charge < -0.3 is 19.7 Å². The summed E-state index contributed by atoms with van der Waals surface area (Å²) in [6.07, 6.45) is 1.52. The summed E-state index contributed by atoms with van der Waals surface area (Å²) < 4.78 is 40.3. The molecule has 2 aromatic carbocycles. The van der Waals surface area contributed by atoms with Crippen molar-refractivity contribution in [1.29, 1.82) is 0 Å². The average molecular weight is 486 g/mol. The first kappa shape index (κ1) is 24.1. The van der Waals surface area contributed by atoms with E-state index in [9.17, 15) is 13.2 Å². The largest absolute Gasteiger partial charge is 0.490 e. The van der Waals surface area contributed by atoms with E-state index < -0.39 is 10.0 Å². The van der Waals surface area contributed by atoms with E-state index in [0.717, 1.165) is 18.4 Å². The van der Waals surface area contributed by atoms with Gasteiger partial charge >= 0.3 is 0 Å². The minimum atomic E-state index is -3.69. The van der Waals surface area contributed by atoms with Crippen LogP contribution in [0.1, 0.15) is 50.8 Å². The highest BCUT2D eigenvalue weighted by Gasteiger charge is 2.35. The number of hydrogen-bond donors (Lipinski definition) is 1. The van der Waals surface area contributed by atoms with E-state index >= 15 is 0 Å². The molecule has 2 aromatic rings. The van der Waals surface area contributed by atoms with Crippen LogP contribution in [-0.2, 0) is 14.8 Å². The number of ether oxygens (including phenoxy) is 2. The van der Waals surface area contributed by atoms with Crippen LogP contribution >= 0.6 is 0 Å². The molecule has 182 valence electrons. The van der Waals surface area contributed by atoms with Crippen LogP contribution in [0.3, 0.4) is 0 Å². The fraction of sp³-hybridized carbons (Fsp3) is 0.440. The molecule has 1 fully saturated rings. The predicted molar refractivity (Wildman–Crippen MR) is 130 cm³/mol. The Morgan fingerprint density at radius 2 is 1.88 bits per heavy atom. The topological polar surface area (TPSA) is 97.3 Å². The van der Waals surface area contributed by atoms with Crippen LogP contribution in [0.25, 0.3) is 0 Å². The molecule has 0 aliphatic carbocycles. The second-order valence-corrected chi connectivity index (χ2v) is 10.0. The molecule has 1 amide bonds. The van der Waals surface area contributed by atoms with Gasteiger partial charge in [0.05, 0.1) is 25.2 Å². The molecule has 1 saturated heterocycles. The Hall–Kier alpha value is -3.07. The Morgan fingerprint density at radius 3 is 2.65 bits per heavy atom. The zero-order valence-corrected chi connectivity index (χ0v) is 20.6. The predicted octanol–water partition coefficient (Wildman–Crippen LogP) is 3.52. The van der Waals surface area contributed by atoms with Crippen LogP contribution in [0.2, 0.25) is 0 Å². The SMILES string of the molecule is CCOc1ccc([C@@H](C)NC(=O)[C@H]2CCCN(C3=NS(=O)(=O)c4ccccc43)C2)cc1OCC. The van der Waals surface area contributed by atoms with Gasteiger partial charge in [-0.2, -0.15) is 8.42 Å². The van der Waals surface area contributed by atoms with Crippen molar-refractivity contribution in [2.45, 2.75) is 44.6 Å². The molecule has 8 nitrogen and oxygen atoms in total. The number of nitrogens with one attached hydrogen (secondary N) is 1. The van der Waals surface area contributed by atoms with Crippen LogP contribution < -0.4 is 14.8 Å². The summed E-state index contributed by atoms with van der Waals surface area (Å²) in [5, 5.41) is 3.11. The summed E-state index contributed by atoms with van der Waals surface area (Å²) in [4.78, 5) is 15.3. The maximum absolute atomic E-state index is 13.1. The van der Waals surface area contributed by atoms with Crippen LogP contribution in [0.5, 0.6) is 11.5 Å². The summed E-state index contributed by atoms with van der Waals surface area (Å²) >= 11 is 0. The number of rotatable bonds is 7. The van der Waals surface area contributed by atoms with Gasteiger partial charge in [0.25, 0.3) is 10.0 Å². The summed E-state index contributed by atoms with van der Waals surface area (Å²) in [7, 11) is -3.69. The number of nitrogens with zero attached hydrogens (tertiary/aromatic N) is 2. The van der Waals surface area contributed by atoms with Gasteiger partial charge in [-0.1, -0.05) is 18.2 Å². The van der Waals surface area contributed by atoms with Crippen molar-refractivity contribution in [3.63, 3.8) is 0 Å². The molecule has 9 heteroatoms. The molecule has 0 bridgehead atoms. The second-order valence-electron chi connectivity index (χ2n) is 8.47. The Labute approximate surface area is 201 Å². The lowest BCUT2D eigenvalue weighted by atomic mass is 9.95. The number of piperidine rings is 1. The van der Waals surface area contributed by atoms with Crippen molar-refractivity contribution in [1.82, 2.24) is 10.2 Å². The lowest BCUT2D eigenvalue weighted by molar-refractivity contribution is -0.126. The molecule has 2 heterocycles. The normalized spacial score (nSPS) is 19.7. The van der Waals surface area contributed by atoms with Gasteiger partial charge in [-0.05, 0) is 63.4 Å². The van der Waals surface area contributed by atoms with E-state index in [4.69, 9.17) is 9.47 Å². The monoisotopic (exact) mass is 485 g/mol.